The highest BCUT2D eigenvalue weighted by atomic mass is 32.2. The van der Waals surface area contributed by atoms with Gasteiger partial charge in [0.1, 0.15) is 0 Å². The van der Waals surface area contributed by atoms with E-state index in [1.807, 2.05) is 6.92 Å². The summed E-state index contributed by atoms with van der Waals surface area (Å²) in [7, 11) is -2.21. The number of aryl methyl sites for hydroxylation is 1. The van der Waals surface area contributed by atoms with E-state index in [0.29, 0.717) is 0 Å². The Morgan fingerprint density at radius 2 is 1.31 bits per heavy atom. The Balaban J connectivity index is 2.47. The van der Waals surface area contributed by atoms with Gasteiger partial charge in [0, 0.05) is 7.05 Å². The minimum absolute atomic E-state index is 0.0200. The van der Waals surface area contributed by atoms with Crippen LogP contribution in [0.2, 0.25) is 0 Å². The number of rotatable bonds is 4. The second-order valence-electron chi connectivity index (χ2n) is 9.74. The van der Waals surface area contributed by atoms with E-state index in [-0.39, 0.29) is 15.7 Å². The van der Waals surface area contributed by atoms with Gasteiger partial charge >= 0.3 is 0 Å². The molecule has 4 nitrogen and oxygen atoms in total. The summed E-state index contributed by atoms with van der Waals surface area (Å²) in [6, 6.07) is 11.0. The predicted octanol–water partition coefficient (Wildman–Crippen LogP) is 5.55. The van der Waals surface area contributed by atoms with E-state index >= 15 is 0 Å². The molecule has 0 saturated carbocycles. The Bertz CT molecular complexity index is 971. The molecule has 2 rings (SSSR count). The fourth-order valence-electron chi connectivity index (χ4n) is 3.44. The van der Waals surface area contributed by atoms with Crippen LogP contribution in [0, 0.1) is 13.8 Å². The Hall–Kier alpha value is -2.14. The number of benzene rings is 2. The number of hydrogen-bond acceptors (Lipinski definition) is 3. The van der Waals surface area contributed by atoms with Crippen LogP contribution in [0.3, 0.4) is 0 Å². The van der Waals surface area contributed by atoms with Gasteiger partial charge in [-0.2, -0.15) is 17.9 Å². The van der Waals surface area contributed by atoms with Crippen molar-refractivity contribution >= 4 is 16.2 Å². The zero-order valence-corrected chi connectivity index (χ0v) is 20.0. The highest BCUT2D eigenvalue weighted by Crippen LogP contribution is 2.34. The zero-order valence-electron chi connectivity index (χ0n) is 19.2. The second kappa shape index (κ2) is 7.94. The van der Waals surface area contributed by atoms with Gasteiger partial charge < -0.3 is 0 Å². The normalized spacial score (nSPS) is 13.1. The Kier molecular flexibility index (Phi) is 6.34. The van der Waals surface area contributed by atoms with Crippen molar-refractivity contribution in [2.45, 2.75) is 71.1 Å². The van der Waals surface area contributed by atoms with Crippen molar-refractivity contribution in [2.24, 2.45) is 5.10 Å². The molecule has 0 atom stereocenters. The van der Waals surface area contributed by atoms with E-state index < -0.39 is 10.0 Å². The van der Waals surface area contributed by atoms with Crippen molar-refractivity contribution in [3.8, 4) is 0 Å². The molecule has 0 amide bonds. The summed E-state index contributed by atoms with van der Waals surface area (Å²) in [5, 5.41) is 4.26. The second-order valence-corrected chi connectivity index (χ2v) is 11.7. The summed E-state index contributed by atoms with van der Waals surface area (Å²) in [6.45, 7) is 17.2. The van der Waals surface area contributed by atoms with Crippen LogP contribution >= 0.6 is 0 Å². The highest BCUT2D eigenvalue weighted by Gasteiger charge is 2.24. The molecular formula is C24H34N2O2S. The van der Waals surface area contributed by atoms with E-state index in [4.69, 9.17) is 0 Å². The predicted molar refractivity (Wildman–Crippen MR) is 122 cm³/mol. The van der Waals surface area contributed by atoms with E-state index in [1.165, 1.54) is 23.7 Å². The van der Waals surface area contributed by atoms with Crippen LogP contribution in [-0.4, -0.2) is 26.1 Å². The van der Waals surface area contributed by atoms with Gasteiger partial charge in [-0.3, -0.25) is 0 Å². The fourth-order valence-corrected chi connectivity index (χ4v) is 4.40. The summed E-state index contributed by atoms with van der Waals surface area (Å²) < 4.78 is 26.6. The molecule has 0 aliphatic carbocycles. The van der Waals surface area contributed by atoms with Crippen molar-refractivity contribution in [3.63, 3.8) is 0 Å². The van der Waals surface area contributed by atoms with Crippen LogP contribution in [-0.2, 0) is 20.9 Å². The zero-order chi connectivity index (χ0) is 22.2. The maximum Gasteiger partial charge on any atom is 0.278 e. The molecule has 0 aliphatic rings. The van der Waals surface area contributed by atoms with Gasteiger partial charge in [0.05, 0.1) is 11.1 Å². The Morgan fingerprint density at radius 3 is 1.72 bits per heavy atom. The van der Waals surface area contributed by atoms with Crippen molar-refractivity contribution in [1.29, 1.82) is 0 Å². The number of hydrogen-bond donors (Lipinski definition) is 0. The smallest absolute Gasteiger partial charge is 0.200 e. The third-order valence-electron chi connectivity index (χ3n) is 5.08. The first-order valence-corrected chi connectivity index (χ1v) is 11.3. The molecule has 0 fully saturated rings. The Labute approximate surface area is 176 Å². The SMILES string of the molecule is Cc1ccc(S(=O)(=O)N(C)N=Cc2cc(C(C)(C)C)c(C)c(C(C)(C)C)c2)cc1. The molecule has 0 heterocycles. The van der Waals surface area contributed by atoms with Gasteiger partial charge in [0.25, 0.3) is 10.0 Å². The summed E-state index contributed by atoms with van der Waals surface area (Å²) in [4.78, 5) is 0.234. The third-order valence-corrected chi connectivity index (χ3v) is 6.74. The molecule has 0 saturated heterocycles. The number of hydrazone groups is 1. The van der Waals surface area contributed by atoms with Gasteiger partial charge in [-0.25, -0.2) is 0 Å². The first-order chi connectivity index (χ1) is 13.1. The molecule has 0 spiro atoms. The fraction of sp³-hybridized carbons (Fsp3) is 0.458. The minimum atomic E-state index is -3.68. The summed E-state index contributed by atoms with van der Waals surface area (Å²) in [5.74, 6) is 0. The molecule has 0 aliphatic heterocycles. The average Bonchev–Trinajstić information content (AvgIpc) is 2.58. The van der Waals surface area contributed by atoms with Gasteiger partial charge in [0.15, 0.2) is 0 Å². The molecule has 29 heavy (non-hydrogen) atoms. The molecule has 0 radical (unpaired) electrons. The van der Waals surface area contributed by atoms with Crippen LogP contribution in [0.5, 0.6) is 0 Å². The lowest BCUT2D eigenvalue weighted by Gasteiger charge is -2.29. The van der Waals surface area contributed by atoms with Crippen molar-refractivity contribution in [3.05, 3.63) is 64.2 Å². The van der Waals surface area contributed by atoms with Crippen LogP contribution in [0.25, 0.3) is 0 Å². The molecule has 0 unspecified atom stereocenters. The maximum absolute atomic E-state index is 12.8. The topological polar surface area (TPSA) is 49.7 Å². The van der Waals surface area contributed by atoms with Crippen LogP contribution in [0.4, 0.5) is 0 Å². The first-order valence-electron chi connectivity index (χ1n) is 9.89. The highest BCUT2D eigenvalue weighted by molar-refractivity contribution is 7.89. The standard InChI is InChI=1S/C24H34N2O2S/c1-17-10-12-20(13-11-17)29(27,28)26(9)25-16-19-14-21(23(3,4)5)18(2)22(15-19)24(6,7)8/h10-16H,1-9H3. The van der Waals surface area contributed by atoms with E-state index in [1.54, 1.807) is 30.5 Å². The lowest BCUT2D eigenvalue weighted by molar-refractivity contribution is 0.491. The van der Waals surface area contributed by atoms with Gasteiger partial charge in [0.2, 0.25) is 0 Å². The molecular weight excluding hydrogens is 380 g/mol. The van der Waals surface area contributed by atoms with Crippen molar-refractivity contribution in [2.75, 3.05) is 7.05 Å². The van der Waals surface area contributed by atoms with Crippen molar-refractivity contribution in [1.82, 2.24) is 4.41 Å². The maximum atomic E-state index is 12.8. The first kappa shape index (κ1) is 23.1. The summed E-state index contributed by atoms with van der Waals surface area (Å²) in [5.41, 5.74) is 5.64. The molecule has 2 aromatic carbocycles. The molecule has 158 valence electrons. The quantitative estimate of drug-likeness (QED) is 0.486. The van der Waals surface area contributed by atoms with Gasteiger partial charge in [-0.15, -0.1) is 0 Å². The van der Waals surface area contributed by atoms with Crippen LogP contribution < -0.4 is 0 Å². The number of nitrogens with zero attached hydrogens (tertiary/aromatic N) is 2. The van der Waals surface area contributed by atoms with E-state index in [2.05, 4.69) is 65.7 Å². The largest absolute Gasteiger partial charge is 0.278 e. The lowest BCUT2D eigenvalue weighted by atomic mass is 9.76. The molecule has 2 aromatic rings. The molecule has 0 bridgehead atoms. The number of sulfonamides is 1. The van der Waals surface area contributed by atoms with Gasteiger partial charge in [-0.1, -0.05) is 59.2 Å². The van der Waals surface area contributed by atoms with E-state index in [9.17, 15) is 8.42 Å². The minimum Gasteiger partial charge on any atom is -0.200 e. The lowest BCUT2D eigenvalue weighted by Crippen LogP contribution is -2.22. The van der Waals surface area contributed by atoms with E-state index in [0.717, 1.165) is 15.5 Å². The van der Waals surface area contributed by atoms with Gasteiger partial charge in [-0.05, 0) is 71.2 Å². The summed E-state index contributed by atoms with van der Waals surface area (Å²) >= 11 is 0. The molecule has 0 aromatic heterocycles. The van der Waals surface area contributed by atoms with Crippen LogP contribution in [0.15, 0.2) is 46.4 Å². The third kappa shape index (κ3) is 5.27. The van der Waals surface area contributed by atoms with Crippen molar-refractivity contribution < 1.29 is 8.42 Å². The Morgan fingerprint density at radius 1 is 0.862 bits per heavy atom. The van der Waals surface area contributed by atoms with Crippen LogP contribution in [0.1, 0.15) is 69.4 Å². The average molecular weight is 415 g/mol. The molecule has 0 N–H and O–H groups in total. The summed E-state index contributed by atoms with van der Waals surface area (Å²) in [6.07, 6.45) is 1.63. The molecule has 5 heteroatoms. The monoisotopic (exact) mass is 414 g/mol.